The van der Waals surface area contributed by atoms with Gasteiger partial charge in [0, 0.05) is 0 Å². The van der Waals surface area contributed by atoms with E-state index in [0.717, 1.165) is 0 Å². The van der Waals surface area contributed by atoms with Gasteiger partial charge in [-0.25, -0.2) is 0 Å². The summed E-state index contributed by atoms with van der Waals surface area (Å²) < 4.78 is 9.41. The maximum atomic E-state index is 11.3. The summed E-state index contributed by atoms with van der Waals surface area (Å²) in [4.78, 5) is 22.5. The van der Waals surface area contributed by atoms with Crippen molar-refractivity contribution in [3.8, 4) is 0 Å². The van der Waals surface area contributed by atoms with Crippen LogP contribution in [0.3, 0.4) is 0 Å². The Balaban J connectivity index is 0. The van der Waals surface area contributed by atoms with Crippen molar-refractivity contribution in [2.45, 2.75) is 69.2 Å². The monoisotopic (exact) mass is 316 g/mol. The quantitative estimate of drug-likeness (QED) is 0.706. The lowest BCUT2D eigenvalue weighted by molar-refractivity contribution is -0.157. The molecule has 0 rings (SSSR count). The summed E-state index contributed by atoms with van der Waals surface area (Å²) in [5.74, 6) is -0.296. The van der Waals surface area contributed by atoms with E-state index < -0.39 is 10.8 Å². The van der Waals surface area contributed by atoms with E-state index >= 15 is 0 Å². The van der Waals surface area contributed by atoms with Crippen molar-refractivity contribution in [1.82, 2.24) is 0 Å². The molecular formula is C18H36O4. The molecule has 4 heteroatoms. The third-order valence-corrected chi connectivity index (χ3v) is 5.14. The van der Waals surface area contributed by atoms with E-state index in [1.54, 1.807) is 0 Å². The third kappa shape index (κ3) is 5.62. The molecule has 0 atom stereocenters. The first-order valence-corrected chi connectivity index (χ1v) is 7.63. The summed E-state index contributed by atoms with van der Waals surface area (Å²) in [5, 5.41) is 0. The van der Waals surface area contributed by atoms with E-state index in [0.29, 0.717) is 0 Å². The lowest BCUT2D eigenvalue weighted by Gasteiger charge is -2.35. The van der Waals surface area contributed by atoms with Gasteiger partial charge in [0.25, 0.3) is 0 Å². The number of methoxy groups -OCH3 is 2. The molecule has 0 saturated carbocycles. The molecule has 0 aliphatic carbocycles. The largest absolute Gasteiger partial charge is 0.469 e. The fourth-order valence-corrected chi connectivity index (χ4v) is 1.12. The average Bonchev–Trinajstić information content (AvgIpc) is 2.34. The van der Waals surface area contributed by atoms with E-state index in [4.69, 9.17) is 9.47 Å². The molecule has 0 aromatic carbocycles. The Morgan fingerprint density at radius 2 is 0.727 bits per heavy atom. The molecule has 0 saturated heterocycles. The normalized spacial score (nSPS) is 12.9. The van der Waals surface area contributed by atoms with Crippen molar-refractivity contribution in [2.75, 3.05) is 14.2 Å². The molecule has 132 valence electrons. The second-order valence-corrected chi connectivity index (χ2v) is 8.73. The Kier molecular flexibility index (Phi) is 7.88. The van der Waals surface area contributed by atoms with Crippen LogP contribution in [0, 0.1) is 21.7 Å². The highest BCUT2D eigenvalue weighted by atomic mass is 16.5. The number of carbonyl (C=O) groups is 2. The van der Waals surface area contributed by atoms with E-state index in [2.05, 4.69) is 0 Å². The fraction of sp³-hybridized carbons (Fsp3) is 0.889. The fourth-order valence-electron chi connectivity index (χ4n) is 1.12. The molecule has 0 aliphatic heterocycles. The number of hydrogen-bond acceptors (Lipinski definition) is 4. The molecule has 0 spiro atoms. The second-order valence-electron chi connectivity index (χ2n) is 8.73. The van der Waals surface area contributed by atoms with Gasteiger partial charge in [-0.3, -0.25) is 9.59 Å². The highest BCUT2D eigenvalue weighted by Gasteiger charge is 2.41. The van der Waals surface area contributed by atoms with E-state index in [-0.39, 0.29) is 22.8 Å². The summed E-state index contributed by atoms with van der Waals surface area (Å²) in [7, 11) is 2.85. The molecular weight excluding hydrogens is 280 g/mol. The molecule has 0 amide bonds. The summed E-state index contributed by atoms with van der Waals surface area (Å²) in [6.07, 6.45) is 0. The highest BCUT2D eigenvalue weighted by Crippen LogP contribution is 2.39. The first-order chi connectivity index (χ1) is 9.46. The van der Waals surface area contributed by atoms with Gasteiger partial charge >= 0.3 is 11.9 Å². The topological polar surface area (TPSA) is 52.6 Å². The molecule has 22 heavy (non-hydrogen) atoms. The molecule has 0 heterocycles. The molecule has 0 unspecified atom stereocenters. The van der Waals surface area contributed by atoms with Gasteiger partial charge in [-0.2, -0.15) is 0 Å². The van der Waals surface area contributed by atoms with Crippen LogP contribution in [0.15, 0.2) is 0 Å². The SMILES string of the molecule is COC(=O)C(C)(C)C(C)(C)C.COC(=O)C(C)(C)C(C)(C)C. The van der Waals surface area contributed by atoms with Gasteiger partial charge in [0.05, 0.1) is 25.0 Å². The molecule has 0 bridgehead atoms. The summed E-state index contributed by atoms with van der Waals surface area (Å²) in [6.45, 7) is 19.8. The Morgan fingerprint density at radius 1 is 0.545 bits per heavy atom. The number of rotatable bonds is 2. The van der Waals surface area contributed by atoms with Crippen molar-refractivity contribution in [3.05, 3.63) is 0 Å². The van der Waals surface area contributed by atoms with Gasteiger partial charge in [0.15, 0.2) is 0 Å². The van der Waals surface area contributed by atoms with Gasteiger partial charge < -0.3 is 9.47 Å². The minimum Gasteiger partial charge on any atom is -0.469 e. The lowest BCUT2D eigenvalue weighted by atomic mass is 9.69. The minimum atomic E-state index is -0.415. The maximum absolute atomic E-state index is 11.3. The van der Waals surface area contributed by atoms with Crippen LogP contribution in [-0.4, -0.2) is 26.2 Å². The van der Waals surface area contributed by atoms with Gasteiger partial charge in [-0.15, -0.1) is 0 Å². The second kappa shape index (κ2) is 7.47. The molecule has 0 aliphatic rings. The molecule has 0 aromatic heterocycles. The zero-order valence-corrected chi connectivity index (χ0v) is 16.6. The number of carbonyl (C=O) groups excluding carboxylic acids is 2. The highest BCUT2D eigenvalue weighted by molar-refractivity contribution is 5.77. The van der Waals surface area contributed by atoms with Crippen molar-refractivity contribution >= 4 is 11.9 Å². The van der Waals surface area contributed by atoms with Crippen LogP contribution in [0.5, 0.6) is 0 Å². The smallest absolute Gasteiger partial charge is 0.311 e. The van der Waals surface area contributed by atoms with Gasteiger partial charge in [0.1, 0.15) is 0 Å². The van der Waals surface area contributed by atoms with Crippen LogP contribution in [0.1, 0.15) is 69.2 Å². The Bertz CT molecular complexity index is 341. The zero-order chi connectivity index (χ0) is 18.6. The summed E-state index contributed by atoms with van der Waals surface area (Å²) in [5.41, 5.74) is -0.941. The van der Waals surface area contributed by atoms with E-state index in [1.807, 2.05) is 69.2 Å². The summed E-state index contributed by atoms with van der Waals surface area (Å²) in [6, 6.07) is 0. The third-order valence-electron chi connectivity index (χ3n) is 5.14. The van der Waals surface area contributed by atoms with Crippen LogP contribution in [0.25, 0.3) is 0 Å². The van der Waals surface area contributed by atoms with Crippen molar-refractivity contribution in [1.29, 1.82) is 0 Å². The number of ether oxygens (including phenoxy) is 2. The number of hydrogen-bond donors (Lipinski definition) is 0. The van der Waals surface area contributed by atoms with Crippen LogP contribution in [0.4, 0.5) is 0 Å². The molecule has 0 fully saturated rings. The lowest BCUT2D eigenvalue weighted by Crippen LogP contribution is -2.38. The minimum absolute atomic E-state index is 0.0555. The standard InChI is InChI=1S/2C9H18O2/c2*1-8(2,3)9(4,5)7(10)11-6/h2*1-6H3. The maximum Gasteiger partial charge on any atom is 0.311 e. The van der Waals surface area contributed by atoms with Crippen molar-refractivity contribution in [2.24, 2.45) is 21.7 Å². The van der Waals surface area contributed by atoms with E-state index in [9.17, 15) is 9.59 Å². The Labute approximate surface area is 136 Å². The van der Waals surface area contributed by atoms with Crippen LogP contribution in [-0.2, 0) is 19.1 Å². The molecule has 4 nitrogen and oxygen atoms in total. The summed E-state index contributed by atoms with van der Waals surface area (Å²) >= 11 is 0. The van der Waals surface area contributed by atoms with Gasteiger partial charge in [-0.05, 0) is 38.5 Å². The van der Waals surface area contributed by atoms with E-state index in [1.165, 1.54) is 14.2 Å². The molecule has 0 N–H and O–H groups in total. The van der Waals surface area contributed by atoms with Crippen LogP contribution < -0.4 is 0 Å². The van der Waals surface area contributed by atoms with Gasteiger partial charge in [-0.1, -0.05) is 41.5 Å². The predicted molar refractivity (Wildman–Crippen MR) is 90.5 cm³/mol. The van der Waals surface area contributed by atoms with Crippen molar-refractivity contribution < 1.29 is 19.1 Å². The first-order valence-electron chi connectivity index (χ1n) is 7.63. The zero-order valence-electron chi connectivity index (χ0n) is 16.6. The van der Waals surface area contributed by atoms with Crippen LogP contribution >= 0.6 is 0 Å². The van der Waals surface area contributed by atoms with Crippen LogP contribution in [0.2, 0.25) is 0 Å². The Hall–Kier alpha value is -1.06. The van der Waals surface area contributed by atoms with Crippen molar-refractivity contribution in [3.63, 3.8) is 0 Å². The molecule has 0 radical (unpaired) electrons. The van der Waals surface area contributed by atoms with Gasteiger partial charge in [0.2, 0.25) is 0 Å². The predicted octanol–water partition coefficient (Wildman–Crippen LogP) is 4.46. The first kappa shape index (κ1) is 23.2. The Morgan fingerprint density at radius 3 is 0.773 bits per heavy atom. The average molecular weight is 316 g/mol. The number of esters is 2. The molecule has 0 aromatic rings.